The van der Waals surface area contributed by atoms with E-state index in [1.807, 2.05) is 51.1 Å². The van der Waals surface area contributed by atoms with E-state index in [9.17, 15) is 24.9 Å². The fraction of sp³-hybridized carbons (Fsp3) is 0.529. The largest absolute Gasteiger partial charge is 0.455 e. The summed E-state index contributed by atoms with van der Waals surface area (Å²) in [6.45, 7) is 6.81. The summed E-state index contributed by atoms with van der Waals surface area (Å²) < 4.78 is 33.8. The van der Waals surface area contributed by atoms with Crippen LogP contribution in [0.25, 0.3) is 0 Å². The van der Waals surface area contributed by atoms with Gasteiger partial charge in [-0.15, -0.1) is 0 Å². The molecule has 3 N–H and O–H groups in total. The van der Waals surface area contributed by atoms with Crippen molar-refractivity contribution in [3.8, 4) is 0 Å². The second-order valence-corrected chi connectivity index (χ2v) is 13.7. The van der Waals surface area contributed by atoms with Gasteiger partial charge in [0.1, 0.15) is 41.2 Å². The Morgan fingerprint density at radius 1 is 1.00 bits per heavy atom. The zero-order valence-electron chi connectivity index (χ0n) is 24.9. The molecular weight excluding hydrogens is 568 g/mol. The molecule has 0 amide bonds. The number of aliphatic hydroxyl groups excluding tert-OH is 2. The third-order valence-electron chi connectivity index (χ3n) is 11.8. The van der Waals surface area contributed by atoms with Crippen molar-refractivity contribution in [2.75, 3.05) is 6.61 Å². The second-order valence-electron chi connectivity index (χ2n) is 13.7. The van der Waals surface area contributed by atoms with Crippen LogP contribution in [-0.4, -0.2) is 80.5 Å². The summed E-state index contributed by atoms with van der Waals surface area (Å²) in [4.78, 5) is 27.5. The highest BCUT2D eigenvalue weighted by molar-refractivity contribution is 6.02. The number of esters is 1. The van der Waals surface area contributed by atoms with Crippen LogP contribution in [-0.2, 0) is 34.5 Å². The number of fused-ring (bicyclic) bond motifs is 3. The van der Waals surface area contributed by atoms with Crippen molar-refractivity contribution < 1.29 is 48.6 Å². The maximum atomic E-state index is 13.8. The third-order valence-corrected chi connectivity index (χ3v) is 11.8. The summed E-state index contributed by atoms with van der Waals surface area (Å²) in [5.74, 6) is -4.93. The number of epoxide rings is 1. The number of hydrogen-bond acceptors (Lipinski definition) is 10. The molecule has 0 aromatic heterocycles. The van der Waals surface area contributed by atoms with E-state index in [1.165, 1.54) is 6.08 Å². The van der Waals surface area contributed by atoms with E-state index in [2.05, 4.69) is 0 Å². The molecule has 3 heterocycles. The van der Waals surface area contributed by atoms with E-state index in [0.717, 1.165) is 0 Å². The molecule has 232 valence electrons. The van der Waals surface area contributed by atoms with Crippen LogP contribution in [0.5, 0.6) is 0 Å². The second kappa shape index (κ2) is 8.64. The highest BCUT2D eigenvalue weighted by atomic mass is 16.9. The predicted molar refractivity (Wildman–Crippen MR) is 152 cm³/mol. The molecule has 3 saturated heterocycles. The number of aliphatic hydroxyl groups is 3. The van der Waals surface area contributed by atoms with Crippen molar-refractivity contribution in [1.29, 1.82) is 0 Å². The fourth-order valence-corrected chi connectivity index (χ4v) is 9.55. The Kier molecular flexibility index (Phi) is 5.60. The van der Waals surface area contributed by atoms with E-state index in [-0.39, 0.29) is 5.92 Å². The lowest BCUT2D eigenvalue weighted by Gasteiger charge is -2.65. The third kappa shape index (κ3) is 2.88. The zero-order valence-corrected chi connectivity index (χ0v) is 24.9. The summed E-state index contributed by atoms with van der Waals surface area (Å²) in [5, 5.41) is 35.0. The predicted octanol–water partition coefficient (Wildman–Crippen LogP) is 2.25. The molecule has 2 aromatic carbocycles. The van der Waals surface area contributed by atoms with Crippen LogP contribution in [0, 0.1) is 23.2 Å². The molecule has 0 radical (unpaired) electrons. The van der Waals surface area contributed by atoms with Gasteiger partial charge in [-0.05, 0) is 31.1 Å². The van der Waals surface area contributed by atoms with Crippen LogP contribution in [0.4, 0.5) is 0 Å². The lowest BCUT2D eigenvalue weighted by atomic mass is 9.47. The first-order valence-electron chi connectivity index (χ1n) is 15.2. The molecule has 3 aliphatic heterocycles. The molecule has 44 heavy (non-hydrogen) atoms. The molecule has 12 atom stereocenters. The first-order chi connectivity index (χ1) is 20.9. The Labute approximate surface area is 254 Å². The zero-order chi connectivity index (χ0) is 31.1. The molecule has 2 aromatic rings. The Bertz CT molecular complexity index is 1580. The average molecular weight is 605 g/mol. The number of hydrogen-bond donors (Lipinski definition) is 3. The van der Waals surface area contributed by atoms with Crippen LogP contribution in [0.15, 0.2) is 72.8 Å². The van der Waals surface area contributed by atoms with Gasteiger partial charge in [-0.25, -0.2) is 4.79 Å². The minimum atomic E-state index is -2.45. The van der Waals surface area contributed by atoms with Crippen molar-refractivity contribution in [3.63, 3.8) is 0 Å². The normalized spacial score (nSPS) is 49.3. The molecule has 10 heteroatoms. The van der Waals surface area contributed by atoms with E-state index in [4.69, 9.17) is 23.7 Å². The van der Waals surface area contributed by atoms with Crippen molar-refractivity contribution >= 4 is 11.8 Å². The summed E-state index contributed by atoms with van der Waals surface area (Å²) in [5.41, 5.74) is -7.68. The van der Waals surface area contributed by atoms with E-state index >= 15 is 0 Å². The van der Waals surface area contributed by atoms with Gasteiger partial charge in [0, 0.05) is 17.4 Å². The van der Waals surface area contributed by atoms with Crippen molar-refractivity contribution in [2.45, 2.75) is 80.5 Å². The van der Waals surface area contributed by atoms with Crippen LogP contribution in [0.1, 0.15) is 43.6 Å². The molecule has 6 aliphatic rings. The Hall–Kier alpha value is -2.96. The molecule has 6 unspecified atom stereocenters. The number of ether oxygens (including phenoxy) is 5. The van der Waals surface area contributed by atoms with Crippen LogP contribution < -0.4 is 0 Å². The van der Waals surface area contributed by atoms with Gasteiger partial charge >= 0.3 is 11.9 Å². The molecule has 3 bridgehead atoms. The maximum Gasteiger partial charge on any atom is 0.338 e. The number of benzene rings is 2. The van der Waals surface area contributed by atoms with Gasteiger partial charge in [0.15, 0.2) is 11.4 Å². The summed E-state index contributed by atoms with van der Waals surface area (Å²) >= 11 is 0. The Morgan fingerprint density at radius 3 is 2.30 bits per heavy atom. The monoisotopic (exact) mass is 604 g/mol. The minimum absolute atomic E-state index is 0.309. The lowest BCUT2D eigenvalue weighted by Crippen LogP contribution is -2.80. The Balaban J connectivity index is 1.42. The SMILES string of the molecule is CC(C)C12OC3(c4ccccc4)OC1[C@@H]1[C@@H]4O[C@]4(CO)[C@@H](O)[C@]4(O)C(=O)C=C[C@@]4(C)C1(O3)C(C)C2OC(=O)c1ccccc1. The van der Waals surface area contributed by atoms with Crippen LogP contribution in [0.3, 0.4) is 0 Å². The Morgan fingerprint density at radius 2 is 1.66 bits per heavy atom. The van der Waals surface area contributed by atoms with E-state index in [0.29, 0.717) is 11.1 Å². The average Bonchev–Trinajstić information content (AvgIpc) is 3.65. The maximum absolute atomic E-state index is 13.8. The highest BCUT2D eigenvalue weighted by Crippen LogP contribution is 2.76. The standard InChI is InChI=1S/C34H36O10/c1-18(2)31-24(40-27(37)20-11-7-5-8-12-20)19(3)33-23(26(31)42-34(43-31,44-33)21-13-9-6-10-14-21)25-30(17-35,41-25)28(38)32(39)22(36)15-16-29(32,33)4/h5-16,18-19,23-26,28,35,38-39H,17H2,1-4H3/t19?,23-,24?,25-,26?,28+,29+,30-,31?,32+,33?,34?/m0/s1. The van der Waals surface area contributed by atoms with Gasteiger partial charge in [-0.2, -0.15) is 0 Å². The molecule has 3 aliphatic carbocycles. The van der Waals surface area contributed by atoms with Gasteiger partial charge in [-0.3, -0.25) is 4.79 Å². The number of rotatable bonds is 5. The van der Waals surface area contributed by atoms with E-state index < -0.39 is 88.4 Å². The molecule has 2 saturated carbocycles. The van der Waals surface area contributed by atoms with Crippen molar-refractivity contribution in [3.05, 3.63) is 83.9 Å². The molecule has 10 nitrogen and oxygen atoms in total. The van der Waals surface area contributed by atoms with Gasteiger partial charge in [0.25, 0.3) is 0 Å². The fourth-order valence-electron chi connectivity index (χ4n) is 9.55. The van der Waals surface area contributed by atoms with E-state index in [1.54, 1.807) is 43.3 Å². The lowest BCUT2D eigenvalue weighted by molar-refractivity contribution is -0.450. The van der Waals surface area contributed by atoms with Gasteiger partial charge in [0.2, 0.25) is 0 Å². The first-order valence-corrected chi connectivity index (χ1v) is 15.2. The van der Waals surface area contributed by atoms with Gasteiger partial charge in [0.05, 0.1) is 17.6 Å². The molecule has 8 rings (SSSR count). The smallest absolute Gasteiger partial charge is 0.338 e. The number of ketones is 1. The van der Waals surface area contributed by atoms with Gasteiger partial charge in [-0.1, -0.05) is 75.4 Å². The van der Waals surface area contributed by atoms with Crippen LogP contribution >= 0.6 is 0 Å². The number of carbonyl (C=O) groups is 2. The summed E-state index contributed by atoms with van der Waals surface area (Å²) in [6.07, 6.45) is -1.69. The van der Waals surface area contributed by atoms with Crippen LogP contribution in [0.2, 0.25) is 0 Å². The van der Waals surface area contributed by atoms with Gasteiger partial charge < -0.3 is 39.0 Å². The number of carbonyl (C=O) groups excluding carboxylic acids is 2. The first kappa shape index (κ1) is 28.5. The molecular formula is C34H36O10. The van der Waals surface area contributed by atoms with Crippen molar-refractivity contribution in [1.82, 2.24) is 0 Å². The van der Waals surface area contributed by atoms with Crippen molar-refractivity contribution in [2.24, 2.45) is 23.2 Å². The summed E-state index contributed by atoms with van der Waals surface area (Å²) in [7, 11) is 0. The molecule has 5 fully saturated rings. The minimum Gasteiger partial charge on any atom is -0.455 e. The topological polar surface area (TPSA) is 144 Å². The highest BCUT2D eigenvalue weighted by Gasteiger charge is 2.93. The molecule has 0 spiro atoms. The summed E-state index contributed by atoms with van der Waals surface area (Å²) in [6, 6.07) is 17.8. The quantitative estimate of drug-likeness (QED) is 0.343.